The molecule has 0 saturated heterocycles. The maximum atomic E-state index is 13.1. The predicted molar refractivity (Wildman–Crippen MR) is 168 cm³/mol. The third-order valence-electron chi connectivity index (χ3n) is 7.07. The number of rotatable bonds is 10. The van der Waals surface area contributed by atoms with Crippen molar-refractivity contribution < 1.29 is 37.4 Å². The zero-order valence-electron chi connectivity index (χ0n) is 25.9. The monoisotopic (exact) mass is 645 g/mol. The number of hydrogen-bond acceptors (Lipinski definition) is 8. The van der Waals surface area contributed by atoms with Crippen molar-refractivity contribution in [1.29, 1.82) is 0 Å². The van der Waals surface area contributed by atoms with Crippen molar-refractivity contribution in [3.63, 3.8) is 0 Å². The molecule has 45 heavy (non-hydrogen) atoms. The van der Waals surface area contributed by atoms with Crippen LogP contribution in [0.15, 0.2) is 29.2 Å². The smallest absolute Gasteiger partial charge is 0.407 e. The molecule has 0 unspecified atom stereocenters. The van der Waals surface area contributed by atoms with E-state index in [0.717, 1.165) is 38.4 Å². The summed E-state index contributed by atoms with van der Waals surface area (Å²) in [5, 5.41) is 15.5. The molecule has 0 aliphatic heterocycles. The van der Waals surface area contributed by atoms with Crippen molar-refractivity contribution in [3.05, 3.63) is 46.0 Å². The fraction of sp³-hybridized carbons (Fsp3) is 0.467. The summed E-state index contributed by atoms with van der Waals surface area (Å²) in [6.07, 6.45) is 6.14. The van der Waals surface area contributed by atoms with E-state index in [1.54, 1.807) is 20.8 Å². The number of alkyl carbamates (subject to hydrolysis) is 1. The van der Waals surface area contributed by atoms with Crippen LogP contribution < -0.4 is 25.7 Å². The van der Waals surface area contributed by atoms with Crippen LogP contribution >= 0.6 is 0 Å². The minimum atomic E-state index is -3.86. The van der Waals surface area contributed by atoms with Crippen LogP contribution in [0.4, 0.5) is 10.5 Å². The molecule has 1 aromatic carbocycles. The van der Waals surface area contributed by atoms with Crippen molar-refractivity contribution in [2.75, 3.05) is 24.1 Å². The van der Waals surface area contributed by atoms with Crippen LogP contribution in [0.1, 0.15) is 73.7 Å². The average Bonchev–Trinajstić information content (AvgIpc) is 3.38. The van der Waals surface area contributed by atoms with Crippen LogP contribution in [-0.2, 0) is 21.8 Å². The summed E-state index contributed by atoms with van der Waals surface area (Å²) in [7, 11) is -2.34. The fourth-order valence-electron chi connectivity index (χ4n) is 5.13. The van der Waals surface area contributed by atoms with E-state index in [9.17, 15) is 32.7 Å². The van der Waals surface area contributed by atoms with Gasteiger partial charge in [-0.2, -0.15) is 0 Å². The Hall–Kier alpha value is -4.53. The van der Waals surface area contributed by atoms with Gasteiger partial charge in [0, 0.05) is 42.8 Å². The molecule has 1 fully saturated rings. The average molecular weight is 646 g/mol. The van der Waals surface area contributed by atoms with Gasteiger partial charge in [-0.25, -0.2) is 18.0 Å². The number of ether oxygens (including phenoxy) is 2. The number of aromatic amines is 1. The van der Waals surface area contributed by atoms with E-state index in [1.165, 1.54) is 36.0 Å². The number of aryl methyl sites for hydroxylation is 1. The van der Waals surface area contributed by atoms with Gasteiger partial charge in [0.2, 0.25) is 10.0 Å². The molecule has 3 aromatic rings. The van der Waals surface area contributed by atoms with Gasteiger partial charge >= 0.3 is 12.1 Å². The van der Waals surface area contributed by atoms with Gasteiger partial charge in [0.25, 0.3) is 11.5 Å². The van der Waals surface area contributed by atoms with Crippen molar-refractivity contribution in [2.45, 2.75) is 64.6 Å². The molecule has 1 aliphatic rings. The number of aromatic nitrogens is 2. The number of H-pyrrole nitrogens is 1. The van der Waals surface area contributed by atoms with Crippen LogP contribution in [0.25, 0.3) is 22.0 Å². The summed E-state index contributed by atoms with van der Waals surface area (Å²) in [5.74, 6) is -1.68. The van der Waals surface area contributed by atoms with E-state index in [2.05, 4.69) is 20.3 Å². The topological polar surface area (TPSA) is 198 Å². The maximum absolute atomic E-state index is 13.1. The minimum absolute atomic E-state index is 0.0678. The summed E-state index contributed by atoms with van der Waals surface area (Å²) < 4.78 is 39.4. The summed E-state index contributed by atoms with van der Waals surface area (Å²) in [6, 6.07) is 4.15. The number of nitrogens with one attached hydrogen (secondary N) is 4. The van der Waals surface area contributed by atoms with Crippen LogP contribution in [0.2, 0.25) is 0 Å². The van der Waals surface area contributed by atoms with Crippen molar-refractivity contribution in [2.24, 2.45) is 7.05 Å². The Bertz CT molecular complexity index is 1780. The Labute approximate surface area is 260 Å². The standard InChI is InChI=1S/C30H39N5O9S/c1-30(2,3)44-29(40)32-12-11-31-26(36)23-14-19-21(16-35(4)27(37)25(19)33-23)18-13-22(34-45(5,41)42)20(28(38)39)15-24(18)43-17-9-7-6-8-10-17/h13-17,33-34H,6-12H2,1-5H3,(H,31,36)(H,32,40)(H,38,39). The highest BCUT2D eigenvalue weighted by atomic mass is 32.2. The number of sulfonamides is 1. The van der Waals surface area contributed by atoms with E-state index >= 15 is 0 Å². The van der Waals surface area contributed by atoms with Crippen LogP contribution in [0, 0.1) is 0 Å². The maximum Gasteiger partial charge on any atom is 0.407 e. The molecular formula is C30H39N5O9S. The Balaban J connectivity index is 1.74. The van der Waals surface area contributed by atoms with E-state index in [4.69, 9.17) is 9.47 Å². The molecule has 0 atom stereocenters. The number of hydrogen-bond donors (Lipinski definition) is 5. The summed E-state index contributed by atoms with van der Waals surface area (Å²) in [4.78, 5) is 53.1. The van der Waals surface area contributed by atoms with Crippen LogP contribution in [-0.4, -0.2) is 72.1 Å². The summed E-state index contributed by atoms with van der Waals surface area (Å²) >= 11 is 0. The first-order valence-corrected chi connectivity index (χ1v) is 16.4. The number of aromatic carboxylic acids is 1. The summed E-state index contributed by atoms with van der Waals surface area (Å²) in [6.45, 7) is 5.38. The van der Waals surface area contributed by atoms with Gasteiger partial charge in [-0.1, -0.05) is 6.42 Å². The van der Waals surface area contributed by atoms with E-state index < -0.39 is 39.2 Å². The molecule has 2 heterocycles. The van der Waals surface area contributed by atoms with Crippen LogP contribution in [0.3, 0.4) is 0 Å². The molecule has 2 amide bonds. The van der Waals surface area contributed by atoms with E-state index in [-0.39, 0.29) is 47.4 Å². The SMILES string of the molecule is Cn1cc(-c2cc(NS(C)(=O)=O)c(C(=O)O)cc2OC2CCCCC2)c2cc(C(=O)NCCNC(=O)OC(C)(C)C)[nH]c2c1=O. The van der Waals surface area contributed by atoms with E-state index in [0.29, 0.717) is 16.5 Å². The minimum Gasteiger partial charge on any atom is -0.490 e. The van der Waals surface area contributed by atoms with Gasteiger partial charge in [-0.05, 0) is 64.7 Å². The van der Waals surface area contributed by atoms with Crippen molar-refractivity contribution >= 4 is 44.6 Å². The zero-order chi connectivity index (χ0) is 33.1. The Morgan fingerprint density at radius 3 is 2.33 bits per heavy atom. The molecule has 1 saturated carbocycles. The molecule has 5 N–H and O–H groups in total. The first kappa shape index (κ1) is 33.4. The first-order chi connectivity index (χ1) is 21.0. The number of carboxylic acid groups (broad SMARTS) is 1. The highest BCUT2D eigenvalue weighted by molar-refractivity contribution is 7.92. The van der Waals surface area contributed by atoms with Gasteiger partial charge < -0.3 is 34.8 Å². The van der Waals surface area contributed by atoms with Gasteiger partial charge in [0.1, 0.15) is 22.6 Å². The third-order valence-corrected chi connectivity index (χ3v) is 7.66. The highest BCUT2D eigenvalue weighted by Crippen LogP contribution is 2.40. The molecule has 4 rings (SSSR count). The number of carbonyl (C=O) groups is 3. The van der Waals surface area contributed by atoms with Gasteiger partial charge in [0.15, 0.2) is 0 Å². The molecule has 15 heteroatoms. The Kier molecular flexibility index (Phi) is 9.80. The fourth-order valence-corrected chi connectivity index (χ4v) is 5.70. The second kappa shape index (κ2) is 13.2. The molecule has 244 valence electrons. The number of fused-ring (bicyclic) bond motifs is 1. The third kappa shape index (κ3) is 8.56. The highest BCUT2D eigenvalue weighted by Gasteiger charge is 2.25. The number of carboxylic acids is 1. The quantitative estimate of drug-likeness (QED) is 0.205. The zero-order valence-corrected chi connectivity index (χ0v) is 26.7. The Morgan fingerprint density at radius 1 is 1.04 bits per heavy atom. The number of anilines is 1. The Morgan fingerprint density at radius 2 is 1.71 bits per heavy atom. The molecular weight excluding hydrogens is 606 g/mol. The lowest BCUT2D eigenvalue weighted by atomic mass is 9.96. The number of carbonyl (C=O) groups excluding carboxylic acids is 2. The number of amides is 2. The number of benzene rings is 1. The second-order valence-electron chi connectivity index (χ2n) is 12.1. The molecule has 2 aromatic heterocycles. The van der Waals surface area contributed by atoms with Crippen molar-refractivity contribution in [3.8, 4) is 16.9 Å². The normalized spacial score (nSPS) is 14.2. The van der Waals surface area contributed by atoms with Gasteiger partial charge in [-0.3, -0.25) is 14.3 Å². The van der Waals surface area contributed by atoms with Crippen molar-refractivity contribution in [1.82, 2.24) is 20.2 Å². The number of pyridine rings is 1. The second-order valence-corrected chi connectivity index (χ2v) is 13.8. The molecule has 0 bridgehead atoms. The van der Waals surface area contributed by atoms with E-state index in [1.807, 2.05) is 0 Å². The largest absolute Gasteiger partial charge is 0.490 e. The first-order valence-electron chi connectivity index (χ1n) is 14.6. The molecule has 1 aliphatic carbocycles. The predicted octanol–water partition coefficient (Wildman–Crippen LogP) is 3.57. The molecule has 0 spiro atoms. The lowest BCUT2D eigenvalue weighted by molar-refractivity contribution is 0.0526. The summed E-state index contributed by atoms with van der Waals surface area (Å²) in [5.41, 5.74) is -0.648. The lowest BCUT2D eigenvalue weighted by Gasteiger charge is -2.25. The molecule has 0 radical (unpaired) electrons. The lowest BCUT2D eigenvalue weighted by Crippen LogP contribution is -2.37. The van der Waals surface area contributed by atoms with Gasteiger partial charge in [0.05, 0.1) is 23.6 Å². The number of nitrogens with zero attached hydrogens (tertiary/aromatic N) is 1. The van der Waals surface area contributed by atoms with Crippen LogP contribution in [0.5, 0.6) is 5.75 Å². The van der Waals surface area contributed by atoms with Gasteiger partial charge in [-0.15, -0.1) is 0 Å². The molecule has 14 nitrogen and oxygen atoms in total.